The van der Waals surface area contributed by atoms with E-state index in [0.717, 1.165) is 22.6 Å². The van der Waals surface area contributed by atoms with Crippen molar-refractivity contribution >= 4 is 17.1 Å². The van der Waals surface area contributed by atoms with Gasteiger partial charge in [-0.05, 0) is 42.3 Å². The zero-order valence-electron chi connectivity index (χ0n) is 13.5. The maximum atomic E-state index is 7.86. The monoisotopic (exact) mass is 317 g/mol. The van der Waals surface area contributed by atoms with Crippen molar-refractivity contribution in [3.63, 3.8) is 0 Å². The maximum absolute atomic E-state index is 7.86. The van der Waals surface area contributed by atoms with Gasteiger partial charge in [0.15, 0.2) is 0 Å². The molecule has 4 nitrogen and oxygen atoms in total. The zero-order valence-corrected chi connectivity index (χ0v) is 13.5. The Morgan fingerprint density at radius 3 is 2.62 bits per heavy atom. The highest BCUT2D eigenvalue weighted by Gasteiger charge is 2.07. The third kappa shape index (κ3) is 3.98. The van der Waals surface area contributed by atoms with E-state index in [0.29, 0.717) is 18.0 Å². The number of rotatable bonds is 5. The topological polar surface area (TPSA) is 57.5 Å². The average Bonchev–Trinajstić information content (AvgIpc) is 2.61. The lowest BCUT2D eigenvalue weighted by Crippen LogP contribution is -2.12. The van der Waals surface area contributed by atoms with Gasteiger partial charge in [0.25, 0.3) is 0 Å². The molecular formula is C20H19N3O. The molecule has 0 aliphatic heterocycles. The Hall–Kier alpha value is -3.14. The number of allylic oxidation sites excluding steroid dienone is 4. The first-order chi connectivity index (χ1) is 11.7. The van der Waals surface area contributed by atoms with Crippen molar-refractivity contribution in [2.45, 2.75) is 13.5 Å². The SMILES string of the molecule is Cc1ccc(OCc2ccccc2)c(N/N=C2/C=CC=CC2=N)c1. The molecule has 0 unspecified atom stereocenters. The summed E-state index contributed by atoms with van der Waals surface area (Å²) in [6, 6.07) is 16.0. The van der Waals surface area contributed by atoms with E-state index in [9.17, 15) is 0 Å². The van der Waals surface area contributed by atoms with E-state index in [-0.39, 0.29) is 0 Å². The molecule has 0 spiro atoms. The molecule has 0 saturated heterocycles. The predicted molar refractivity (Wildman–Crippen MR) is 99.0 cm³/mol. The number of hydrazone groups is 1. The first kappa shape index (κ1) is 15.7. The normalized spacial score (nSPS) is 14.9. The van der Waals surface area contributed by atoms with Crippen LogP contribution in [-0.2, 0) is 6.61 Å². The van der Waals surface area contributed by atoms with Crippen molar-refractivity contribution in [2.75, 3.05) is 5.43 Å². The molecule has 3 rings (SSSR count). The zero-order chi connectivity index (χ0) is 16.8. The van der Waals surface area contributed by atoms with Crippen LogP contribution in [0.15, 0.2) is 77.9 Å². The van der Waals surface area contributed by atoms with Crippen molar-refractivity contribution in [1.82, 2.24) is 0 Å². The summed E-state index contributed by atoms with van der Waals surface area (Å²) in [7, 11) is 0. The van der Waals surface area contributed by atoms with Crippen LogP contribution in [0.4, 0.5) is 5.69 Å². The van der Waals surface area contributed by atoms with Gasteiger partial charge in [-0.15, -0.1) is 0 Å². The highest BCUT2D eigenvalue weighted by atomic mass is 16.5. The van der Waals surface area contributed by atoms with E-state index in [1.807, 2.05) is 67.6 Å². The fourth-order valence-corrected chi connectivity index (χ4v) is 2.28. The van der Waals surface area contributed by atoms with E-state index in [2.05, 4.69) is 10.5 Å². The van der Waals surface area contributed by atoms with Crippen molar-refractivity contribution in [3.8, 4) is 5.75 Å². The molecule has 0 aromatic heterocycles. The maximum Gasteiger partial charge on any atom is 0.144 e. The highest BCUT2D eigenvalue weighted by molar-refractivity contribution is 6.50. The van der Waals surface area contributed by atoms with Crippen LogP contribution < -0.4 is 10.2 Å². The summed E-state index contributed by atoms with van der Waals surface area (Å²) in [5, 5.41) is 12.2. The second kappa shape index (κ2) is 7.42. The molecule has 0 bridgehead atoms. The van der Waals surface area contributed by atoms with Crippen LogP contribution in [0.5, 0.6) is 5.75 Å². The van der Waals surface area contributed by atoms with Crippen LogP contribution in [0.25, 0.3) is 0 Å². The van der Waals surface area contributed by atoms with Crippen molar-refractivity contribution < 1.29 is 4.74 Å². The number of aryl methyl sites for hydroxylation is 1. The average molecular weight is 317 g/mol. The molecule has 1 aliphatic rings. The summed E-state index contributed by atoms with van der Waals surface area (Å²) < 4.78 is 5.93. The van der Waals surface area contributed by atoms with Crippen molar-refractivity contribution in [2.24, 2.45) is 5.10 Å². The number of anilines is 1. The summed E-state index contributed by atoms with van der Waals surface area (Å²) in [5.74, 6) is 0.732. The van der Waals surface area contributed by atoms with Gasteiger partial charge in [0.05, 0.1) is 11.4 Å². The summed E-state index contributed by atoms with van der Waals surface area (Å²) in [4.78, 5) is 0. The molecule has 24 heavy (non-hydrogen) atoms. The van der Waals surface area contributed by atoms with E-state index in [1.54, 1.807) is 12.2 Å². The number of ether oxygens (including phenoxy) is 1. The lowest BCUT2D eigenvalue weighted by atomic mass is 10.1. The Balaban J connectivity index is 1.76. The van der Waals surface area contributed by atoms with Crippen LogP contribution >= 0.6 is 0 Å². The molecule has 0 amide bonds. The predicted octanol–water partition coefficient (Wildman–Crippen LogP) is 4.49. The fourth-order valence-electron chi connectivity index (χ4n) is 2.28. The third-order valence-electron chi connectivity index (χ3n) is 3.57. The summed E-state index contributed by atoms with van der Waals surface area (Å²) in [6.07, 6.45) is 7.20. The first-order valence-corrected chi connectivity index (χ1v) is 7.77. The summed E-state index contributed by atoms with van der Waals surface area (Å²) >= 11 is 0. The Bertz CT molecular complexity index is 820. The molecule has 2 aromatic carbocycles. The van der Waals surface area contributed by atoms with E-state index in [4.69, 9.17) is 10.1 Å². The van der Waals surface area contributed by atoms with E-state index >= 15 is 0 Å². The van der Waals surface area contributed by atoms with Crippen LogP contribution in [0.3, 0.4) is 0 Å². The van der Waals surface area contributed by atoms with E-state index in [1.165, 1.54) is 0 Å². The summed E-state index contributed by atoms with van der Waals surface area (Å²) in [6.45, 7) is 2.51. The minimum absolute atomic E-state index is 0.379. The fraction of sp³-hybridized carbons (Fsp3) is 0.100. The van der Waals surface area contributed by atoms with Crippen LogP contribution in [0, 0.1) is 12.3 Å². The van der Waals surface area contributed by atoms with Crippen molar-refractivity contribution in [1.29, 1.82) is 5.41 Å². The highest BCUT2D eigenvalue weighted by Crippen LogP contribution is 2.26. The second-order valence-corrected chi connectivity index (χ2v) is 5.51. The van der Waals surface area contributed by atoms with Crippen LogP contribution in [0.2, 0.25) is 0 Å². The quantitative estimate of drug-likeness (QED) is 0.630. The molecule has 4 heteroatoms. The standard InChI is InChI=1S/C20H19N3O/c1-15-11-12-20(24-14-16-7-3-2-4-8-16)19(13-15)23-22-18-10-6-5-9-17(18)21/h2-13,21,23H,14H2,1H3/b21-17?,22-18-. The van der Waals surface area contributed by atoms with Gasteiger partial charge in [-0.1, -0.05) is 48.6 Å². The lowest BCUT2D eigenvalue weighted by molar-refractivity contribution is 0.307. The van der Waals surface area contributed by atoms with Gasteiger partial charge in [0.1, 0.15) is 18.1 Å². The van der Waals surface area contributed by atoms with Gasteiger partial charge in [-0.3, -0.25) is 10.8 Å². The largest absolute Gasteiger partial charge is 0.487 e. The van der Waals surface area contributed by atoms with Gasteiger partial charge in [0, 0.05) is 0 Å². The Morgan fingerprint density at radius 1 is 1.04 bits per heavy atom. The van der Waals surface area contributed by atoms with Gasteiger partial charge in [-0.2, -0.15) is 5.10 Å². The minimum atomic E-state index is 0.379. The van der Waals surface area contributed by atoms with Gasteiger partial charge in [-0.25, -0.2) is 0 Å². The molecular weight excluding hydrogens is 298 g/mol. The number of hydrogen-bond donors (Lipinski definition) is 2. The Morgan fingerprint density at radius 2 is 1.83 bits per heavy atom. The van der Waals surface area contributed by atoms with Gasteiger partial charge < -0.3 is 4.74 Å². The number of nitrogens with one attached hydrogen (secondary N) is 2. The first-order valence-electron chi connectivity index (χ1n) is 7.77. The van der Waals surface area contributed by atoms with Gasteiger partial charge >= 0.3 is 0 Å². The molecule has 1 aliphatic carbocycles. The molecule has 0 saturated carbocycles. The molecule has 2 aromatic rings. The molecule has 0 fully saturated rings. The summed E-state index contributed by atoms with van der Waals surface area (Å²) in [5.41, 5.74) is 7.00. The Labute approximate surface area is 141 Å². The van der Waals surface area contributed by atoms with E-state index < -0.39 is 0 Å². The minimum Gasteiger partial charge on any atom is -0.487 e. The molecule has 2 N–H and O–H groups in total. The van der Waals surface area contributed by atoms with Gasteiger partial charge in [0.2, 0.25) is 0 Å². The second-order valence-electron chi connectivity index (χ2n) is 5.51. The lowest BCUT2D eigenvalue weighted by Gasteiger charge is -2.13. The molecule has 120 valence electrons. The molecule has 0 radical (unpaired) electrons. The molecule has 0 atom stereocenters. The molecule has 0 heterocycles. The number of nitrogens with zero attached hydrogens (tertiary/aromatic N) is 1. The smallest absolute Gasteiger partial charge is 0.144 e. The van der Waals surface area contributed by atoms with Crippen molar-refractivity contribution in [3.05, 3.63) is 84.0 Å². The number of hydrogen-bond acceptors (Lipinski definition) is 4. The van der Waals surface area contributed by atoms with Crippen LogP contribution in [0.1, 0.15) is 11.1 Å². The van der Waals surface area contributed by atoms with Crippen LogP contribution in [-0.4, -0.2) is 11.4 Å². The number of benzene rings is 2. The Kier molecular flexibility index (Phi) is 4.87. The third-order valence-corrected chi connectivity index (χ3v) is 3.57.